The zero-order valence-electron chi connectivity index (χ0n) is 30.4. The molecule has 0 saturated heterocycles. The summed E-state index contributed by atoms with van der Waals surface area (Å²) in [6, 6.07) is -0.449. The summed E-state index contributed by atoms with van der Waals surface area (Å²) in [7, 11) is 0. The zero-order chi connectivity index (χ0) is 33.6. The average Bonchev–Trinajstić information content (AvgIpc) is 3.05. The highest BCUT2D eigenvalue weighted by Crippen LogP contribution is 2.10. The Hall–Kier alpha value is -2.14. The molecule has 0 radical (unpaired) electrons. The molecular formula is C41H75N3O2. The van der Waals surface area contributed by atoms with E-state index in [0.717, 1.165) is 70.6 Å². The summed E-state index contributed by atoms with van der Waals surface area (Å²) in [6.07, 6.45) is 47.2. The van der Waals surface area contributed by atoms with Gasteiger partial charge in [-0.3, -0.25) is 9.59 Å². The first-order chi connectivity index (χ1) is 22.7. The lowest BCUT2D eigenvalue weighted by molar-refractivity contribution is -0.129. The third-order valence-corrected chi connectivity index (χ3v) is 8.38. The van der Waals surface area contributed by atoms with Crippen molar-refractivity contribution < 1.29 is 9.59 Å². The van der Waals surface area contributed by atoms with Crippen molar-refractivity contribution >= 4 is 11.8 Å². The number of carbonyl (C=O) groups is 2. The minimum Gasteiger partial charge on any atom is -0.354 e. The maximum Gasteiger partial charge on any atom is 0.242 e. The number of hydrogen-bond acceptors (Lipinski definition) is 3. The van der Waals surface area contributed by atoms with Gasteiger partial charge in [-0.15, -0.1) is 0 Å². The second-order valence-corrected chi connectivity index (χ2v) is 12.9. The molecule has 0 aromatic carbocycles. The summed E-state index contributed by atoms with van der Waals surface area (Å²) in [4.78, 5) is 25.5. The van der Waals surface area contributed by atoms with Crippen LogP contribution in [-0.2, 0) is 9.59 Å². The van der Waals surface area contributed by atoms with E-state index in [9.17, 15) is 9.59 Å². The van der Waals surface area contributed by atoms with Crippen LogP contribution in [0.4, 0.5) is 0 Å². The first-order valence-electron chi connectivity index (χ1n) is 19.5. The van der Waals surface area contributed by atoms with Crippen molar-refractivity contribution in [2.75, 3.05) is 13.1 Å². The normalized spacial score (nSPS) is 12.7. The SMILES string of the molecule is CCCCC/C=C\C/C=C\CCCCCCCNC(=O)C(CCCCN)NC(=O)CCCCCCC/C=C\C/C=C\CCCCC. The fourth-order valence-corrected chi connectivity index (χ4v) is 5.40. The molecule has 4 N–H and O–H groups in total. The van der Waals surface area contributed by atoms with E-state index in [4.69, 9.17) is 5.73 Å². The quantitative estimate of drug-likeness (QED) is 0.0483. The number of nitrogens with one attached hydrogen (secondary N) is 2. The summed E-state index contributed by atoms with van der Waals surface area (Å²) < 4.78 is 0. The monoisotopic (exact) mass is 642 g/mol. The fourth-order valence-electron chi connectivity index (χ4n) is 5.40. The molecule has 0 saturated carbocycles. The van der Waals surface area contributed by atoms with Crippen molar-refractivity contribution in [3.05, 3.63) is 48.6 Å². The minimum absolute atomic E-state index is 0.00405. The first kappa shape index (κ1) is 43.9. The smallest absolute Gasteiger partial charge is 0.242 e. The Morgan fingerprint density at radius 3 is 1.50 bits per heavy atom. The molecule has 266 valence electrons. The van der Waals surface area contributed by atoms with Gasteiger partial charge in [-0.1, -0.05) is 127 Å². The molecule has 0 bridgehead atoms. The highest BCUT2D eigenvalue weighted by atomic mass is 16.2. The largest absolute Gasteiger partial charge is 0.354 e. The van der Waals surface area contributed by atoms with E-state index in [2.05, 4.69) is 73.1 Å². The van der Waals surface area contributed by atoms with Gasteiger partial charge in [-0.25, -0.2) is 0 Å². The summed E-state index contributed by atoms with van der Waals surface area (Å²) in [5.74, 6) is -0.0504. The number of nitrogens with two attached hydrogens (primary N) is 1. The Balaban J connectivity index is 3.94. The summed E-state index contributed by atoms with van der Waals surface area (Å²) >= 11 is 0. The van der Waals surface area contributed by atoms with Gasteiger partial charge in [0.25, 0.3) is 0 Å². The molecule has 46 heavy (non-hydrogen) atoms. The van der Waals surface area contributed by atoms with E-state index in [-0.39, 0.29) is 11.8 Å². The van der Waals surface area contributed by atoms with Crippen LogP contribution >= 0.6 is 0 Å². The molecule has 0 spiro atoms. The molecule has 0 aliphatic heterocycles. The van der Waals surface area contributed by atoms with E-state index in [1.807, 2.05) is 0 Å². The molecule has 5 heteroatoms. The van der Waals surface area contributed by atoms with Gasteiger partial charge >= 0.3 is 0 Å². The molecule has 0 aromatic rings. The van der Waals surface area contributed by atoms with Crippen LogP contribution < -0.4 is 16.4 Å². The fraction of sp³-hybridized carbons (Fsp3) is 0.756. The molecule has 1 unspecified atom stereocenters. The van der Waals surface area contributed by atoms with Gasteiger partial charge in [0, 0.05) is 13.0 Å². The first-order valence-corrected chi connectivity index (χ1v) is 19.5. The number of unbranched alkanes of at least 4 members (excludes halogenated alkanes) is 17. The molecule has 0 fully saturated rings. The van der Waals surface area contributed by atoms with E-state index < -0.39 is 6.04 Å². The predicted octanol–water partition coefficient (Wildman–Crippen LogP) is 11.0. The van der Waals surface area contributed by atoms with E-state index in [1.54, 1.807) is 0 Å². The highest BCUT2D eigenvalue weighted by molar-refractivity contribution is 5.87. The number of rotatable bonds is 34. The van der Waals surface area contributed by atoms with Gasteiger partial charge in [0.2, 0.25) is 11.8 Å². The van der Waals surface area contributed by atoms with Crippen molar-refractivity contribution in [2.45, 2.75) is 187 Å². The van der Waals surface area contributed by atoms with Crippen LogP contribution in [0.15, 0.2) is 48.6 Å². The van der Waals surface area contributed by atoms with Crippen molar-refractivity contribution in [1.82, 2.24) is 10.6 Å². The summed E-state index contributed by atoms with van der Waals surface area (Å²) in [6.45, 7) is 5.78. The topological polar surface area (TPSA) is 84.2 Å². The van der Waals surface area contributed by atoms with E-state index in [0.29, 0.717) is 25.9 Å². The summed E-state index contributed by atoms with van der Waals surface area (Å²) in [5.41, 5.74) is 5.66. The van der Waals surface area contributed by atoms with Gasteiger partial charge < -0.3 is 16.4 Å². The number of hydrogen-bond donors (Lipinski definition) is 3. The second-order valence-electron chi connectivity index (χ2n) is 12.9. The highest BCUT2D eigenvalue weighted by Gasteiger charge is 2.19. The van der Waals surface area contributed by atoms with E-state index >= 15 is 0 Å². The third kappa shape index (κ3) is 33.2. The number of allylic oxidation sites excluding steroid dienone is 8. The third-order valence-electron chi connectivity index (χ3n) is 8.38. The van der Waals surface area contributed by atoms with Gasteiger partial charge in [-0.05, 0) is 103 Å². The maximum absolute atomic E-state index is 12.9. The number of carbonyl (C=O) groups excluding carboxylic acids is 2. The Labute approximate surface area is 285 Å². The average molecular weight is 642 g/mol. The zero-order valence-corrected chi connectivity index (χ0v) is 30.4. The Morgan fingerprint density at radius 1 is 0.543 bits per heavy atom. The molecular weight excluding hydrogens is 566 g/mol. The van der Waals surface area contributed by atoms with Crippen molar-refractivity contribution in [2.24, 2.45) is 5.73 Å². The van der Waals surface area contributed by atoms with E-state index in [1.165, 1.54) is 83.5 Å². The van der Waals surface area contributed by atoms with Gasteiger partial charge in [0.1, 0.15) is 6.04 Å². The molecule has 2 amide bonds. The maximum atomic E-state index is 12.9. The molecule has 1 atom stereocenters. The van der Waals surface area contributed by atoms with Crippen LogP contribution in [0.25, 0.3) is 0 Å². The predicted molar refractivity (Wildman–Crippen MR) is 202 cm³/mol. The van der Waals surface area contributed by atoms with Crippen LogP contribution in [0, 0.1) is 0 Å². The number of amides is 2. The Morgan fingerprint density at radius 2 is 1.00 bits per heavy atom. The lowest BCUT2D eigenvalue weighted by Crippen LogP contribution is -2.47. The van der Waals surface area contributed by atoms with Crippen LogP contribution in [0.5, 0.6) is 0 Å². The van der Waals surface area contributed by atoms with Crippen molar-refractivity contribution in [3.63, 3.8) is 0 Å². The second kappa shape index (κ2) is 37.3. The van der Waals surface area contributed by atoms with Crippen molar-refractivity contribution in [1.29, 1.82) is 0 Å². The van der Waals surface area contributed by atoms with Crippen LogP contribution in [-0.4, -0.2) is 30.9 Å². The van der Waals surface area contributed by atoms with Crippen LogP contribution in [0.3, 0.4) is 0 Å². The molecule has 0 aliphatic carbocycles. The van der Waals surface area contributed by atoms with Gasteiger partial charge in [-0.2, -0.15) is 0 Å². The lowest BCUT2D eigenvalue weighted by atomic mass is 10.1. The minimum atomic E-state index is -0.449. The molecule has 0 aromatic heterocycles. The molecule has 0 rings (SSSR count). The molecule has 0 heterocycles. The summed E-state index contributed by atoms with van der Waals surface area (Å²) in [5, 5.41) is 6.08. The van der Waals surface area contributed by atoms with Gasteiger partial charge in [0.15, 0.2) is 0 Å². The molecule has 5 nitrogen and oxygen atoms in total. The molecule has 0 aliphatic rings. The standard InChI is InChI=1S/C41H75N3O2/c1-3-5-7-9-11-13-15-17-19-21-23-25-27-29-31-36-40(45)44-39(35-32-33-37-42)41(46)43-38-34-30-28-26-24-22-20-18-16-14-12-10-8-6-4-2/h11-14,17-20,39H,3-10,15-16,21-38,42H2,1-2H3,(H,43,46)(H,44,45)/b13-11-,14-12-,19-17-,20-18-. The Bertz CT molecular complexity index is 787. The van der Waals surface area contributed by atoms with Crippen LogP contribution in [0.1, 0.15) is 181 Å². The lowest BCUT2D eigenvalue weighted by Gasteiger charge is -2.18. The van der Waals surface area contributed by atoms with Gasteiger partial charge in [0.05, 0.1) is 0 Å². The van der Waals surface area contributed by atoms with Crippen LogP contribution in [0.2, 0.25) is 0 Å². The van der Waals surface area contributed by atoms with Crippen molar-refractivity contribution in [3.8, 4) is 0 Å². The Kier molecular flexibility index (Phi) is 35.6.